The lowest BCUT2D eigenvalue weighted by molar-refractivity contribution is -0.394. The first-order valence-corrected chi connectivity index (χ1v) is 10.2. The molecule has 1 aliphatic rings. The van der Waals surface area contributed by atoms with E-state index in [9.17, 15) is 18.0 Å². The zero-order valence-electron chi connectivity index (χ0n) is 18.1. The number of hydrogen-bond donors (Lipinski definition) is 0. The van der Waals surface area contributed by atoms with Crippen molar-refractivity contribution in [2.45, 2.75) is 70.9 Å². The molecule has 0 N–H and O–H groups in total. The van der Waals surface area contributed by atoms with Gasteiger partial charge in [0, 0.05) is 19.1 Å². The third-order valence-corrected chi connectivity index (χ3v) is 5.83. The molecule has 1 unspecified atom stereocenters. The first-order chi connectivity index (χ1) is 14.0. The molecule has 0 heterocycles. The predicted octanol–water partition coefficient (Wildman–Crippen LogP) is 6.50. The van der Waals surface area contributed by atoms with E-state index in [1.54, 1.807) is 13.0 Å². The lowest BCUT2D eigenvalue weighted by Gasteiger charge is -2.37. The van der Waals surface area contributed by atoms with Crippen LogP contribution in [0.5, 0.6) is 0 Å². The largest absolute Gasteiger partial charge is 0.448 e. The molecule has 0 bridgehead atoms. The van der Waals surface area contributed by atoms with Crippen LogP contribution >= 0.6 is 0 Å². The van der Waals surface area contributed by atoms with Crippen molar-refractivity contribution in [3.05, 3.63) is 59.2 Å². The van der Waals surface area contributed by atoms with Gasteiger partial charge in [-0.05, 0) is 57.9 Å². The van der Waals surface area contributed by atoms with E-state index in [4.69, 9.17) is 9.47 Å². The van der Waals surface area contributed by atoms with Gasteiger partial charge in [0.05, 0.1) is 6.10 Å². The first kappa shape index (κ1) is 24.4. The molecule has 30 heavy (non-hydrogen) atoms. The number of carbonyl (C=O) groups is 1. The summed E-state index contributed by atoms with van der Waals surface area (Å²) in [6, 6.07) is 7.38. The normalized spacial score (nSPS) is 19.0. The summed E-state index contributed by atoms with van der Waals surface area (Å²) in [5.74, 6) is -2.64. The van der Waals surface area contributed by atoms with Crippen molar-refractivity contribution in [2.75, 3.05) is 7.11 Å². The molecule has 0 aliphatic heterocycles. The van der Waals surface area contributed by atoms with Crippen LogP contribution in [0.1, 0.15) is 58.4 Å². The number of halogens is 3. The number of ketones is 1. The Kier molecular flexibility index (Phi) is 8.06. The number of alkyl halides is 3. The molecule has 166 valence electrons. The van der Waals surface area contributed by atoms with Crippen molar-refractivity contribution in [1.29, 1.82) is 0 Å². The Balaban J connectivity index is 2.12. The highest BCUT2D eigenvalue weighted by Crippen LogP contribution is 2.44. The summed E-state index contributed by atoms with van der Waals surface area (Å²) < 4.78 is 52.4. The van der Waals surface area contributed by atoms with Crippen molar-refractivity contribution >= 4 is 5.78 Å². The lowest BCUT2D eigenvalue weighted by Crippen LogP contribution is -2.48. The van der Waals surface area contributed by atoms with Crippen molar-refractivity contribution < 1.29 is 27.4 Å². The fraction of sp³-hybridized carbons (Fsp3) is 0.542. The number of Topliss-reactive ketones (excluding diaryl/α,β-unsaturated/α-hetero) is 1. The van der Waals surface area contributed by atoms with Crippen LogP contribution in [0.4, 0.5) is 13.2 Å². The third kappa shape index (κ3) is 5.41. The molecule has 0 saturated heterocycles. The molecule has 3 atom stereocenters. The minimum atomic E-state index is -4.75. The number of benzene rings is 1. The van der Waals surface area contributed by atoms with Crippen molar-refractivity contribution in [1.82, 2.24) is 0 Å². The Bertz CT molecular complexity index is 783. The number of ether oxygens (including phenoxy) is 2. The molecule has 1 aromatic rings. The maximum absolute atomic E-state index is 14.0. The van der Waals surface area contributed by atoms with E-state index in [1.165, 1.54) is 24.3 Å². The summed E-state index contributed by atoms with van der Waals surface area (Å²) in [5, 5.41) is 0. The van der Waals surface area contributed by atoms with Crippen LogP contribution in [0.15, 0.2) is 53.6 Å². The minimum absolute atomic E-state index is 0.0163. The van der Waals surface area contributed by atoms with Gasteiger partial charge in [-0.15, -0.1) is 0 Å². The molecule has 0 saturated carbocycles. The van der Waals surface area contributed by atoms with E-state index >= 15 is 0 Å². The maximum Gasteiger partial charge on any atom is 0.448 e. The summed E-state index contributed by atoms with van der Waals surface area (Å²) in [5.41, 5.74) is 2.78. The monoisotopic (exact) mass is 424 g/mol. The Morgan fingerprint density at radius 1 is 1.17 bits per heavy atom. The summed E-state index contributed by atoms with van der Waals surface area (Å²) in [4.78, 5) is 12.1. The second kappa shape index (κ2) is 9.92. The minimum Gasteiger partial charge on any atom is -0.342 e. The van der Waals surface area contributed by atoms with E-state index in [1.807, 2.05) is 13.8 Å². The summed E-state index contributed by atoms with van der Waals surface area (Å²) >= 11 is 0. The number of methoxy groups -OCH3 is 1. The van der Waals surface area contributed by atoms with Crippen molar-refractivity contribution in [2.24, 2.45) is 5.92 Å². The molecule has 6 heteroatoms. The van der Waals surface area contributed by atoms with Gasteiger partial charge in [0.15, 0.2) is 5.78 Å². The second-order valence-corrected chi connectivity index (χ2v) is 8.12. The molecule has 0 fully saturated rings. The Morgan fingerprint density at radius 2 is 1.80 bits per heavy atom. The number of carbonyl (C=O) groups excluding carboxylic acids is 1. The van der Waals surface area contributed by atoms with Gasteiger partial charge in [0.2, 0.25) is 0 Å². The SMILES string of the molecule is C=C(C)C(CC[C@@H](C)O[C@](OC)(c1ccccc1)C(F)(F)F)CC1=C(C)CCC1=O. The summed E-state index contributed by atoms with van der Waals surface area (Å²) in [7, 11) is 1.00. The van der Waals surface area contributed by atoms with E-state index in [2.05, 4.69) is 6.58 Å². The standard InChI is InChI=1S/C24H31F3O3/c1-16(2)19(15-21-17(3)11-14-22(21)28)13-12-18(4)30-23(29-5,24(25,26)27)20-9-7-6-8-10-20/h6-10,18-19H,1,11-15H2,2-5H3/t18-,19?,23-/m1/s1. The average Bonchev–Trinajstić information content (AvgIpc) is 3.00. The van der Waals surface area contributed by atoms with Crippen molar-refractivity contribution in [3.63, 3.8) is 0 Å². The fourth-order valence-corrected chi connectivity index (χ4v) is 3.91. The lowest BCUT2D eigenvalue weighted by atomic mass is 9.87. The van der Waals surface area contributed by atoms with Crippen LogP contribution in [0, 0.1) is 5.92 Å². The van der Waals surface area contributed by atoms with Gasteiger partial charge in [-0.2, -0.15) is 13.2 Å². The maximum atomic E-state index is 14.0. The van der Waals surface area contributed by atoms with Gasteiger partial charge in [0.25, 0.3) is 5.79 Å². The Labute approximate surface area is 177 Å². The van der Waals surface area contributed by atoms with Crippen molar-refractivity contribution in [3.8, 4) is 0 Å². The van der Waals surface area contributed by atoms with E-state index < -0.39 is 18.1 Å². The number of allylic oxidation sites excluding steroid dienone is 3. The van der Waals surface area contributed by atoms with E-state index in [0.717, 1.165) is 30.2 Å². The smallest absolute Gasteiger partial charge is 0.342 e. The molecular formula is C24H31F3O3. The quantitative estimate of drug-likeness (QED) is 0.318. The first-order valence-electron chi connectivity index (χ1n) is 10.2. The van der Waals surface area contributed by atoms with Crippen LogP contribution in [0.25, 0.3) is 0 Å². The highest BCUT2D eigenvalue weighted by Gasteiger charge is 2.59. The third-order valence-electron chi connectivity index (χ3n) is 5.83. The fourth-order valence-electron chi connectivity index (χ4n) is 3.91. The van der Waals surface area contributed by atoms with Crippen LogP contribution in [-0.2, 0) is 20.1 Å². The Morgan fingerprint density at radius 3 is 2.27 bits per heavy atom. The van der Waals surface area contributed by atoms with Crippen LogP contribution in [0.3, 0.4) is 0 Å². The number of rotatable bonds is 10. The van der Waals surface area contributed by atoms with Gasteiger partial charge in [0.1, 0.15) is 0 Å². The molecule has 3 nitrogen and oxygen atoms in total. The zero-order valence-corrected chi connectivity index (χ0v) is 18.1. The van der Waals surface area contributed by atoms with Gasteiger partial charge >= 0.3 is 6.18 Å². The predicted molar refractivity (Wildman–Crippen MR) is 111 cm³/mol. The molecule has 0 spiro atoms. The van der Waals surface area contributed by atoms with Gasteiger partial charge in [-0.25, -0.2) is 0 Å². The zero-order chi connectivity index (χ0) is 22.5. The molecule has 0 radical (unpaired) electrons. The highest BCUT2D eigenvalue weighted by molar-refractivity contribution is 5.98. The molecule has 0 amide bonds. The molecule has 1 aromatic carbocycles. The molecule has 2 rings (SSSR count). The summed E-state index contributed by atoms with van der Waals surface area (Å²) in [6.07, 6.45) is -2.59. The van der Waals surface area contributed by atoms with Crippen LogP contribution in [-0.4, -0.2) is 25.2 Å². The molecule has 0 aromatic heterocycles. The van der Waals surface area contributed by atoms with Gasteiger partial charge in [-0.3, -0.25) is 4.79 Å². The van der Waals surface area contributed by atoms with E-state index in [0.29, 0.717) is 25.7 Å². The molecular weight excluding hydrogens is 393 g/mol. The highest BCUT2D eigenvalue weighted by atomic mass is 19.4. The van der Waals surface area contributed by atoms with Gasteiger partial charge < -0.3 is 9.47 Å². The average molecular weight is 425 g/mol. The van der Waals surface area contributed by atoms with Crippen LogP contribution in [0.2, 0.25) is 0 Å². The Hall–Kier alpha value is -1.92. The van der Waals surface area contributed by atoms with E-state index in [-0.39, 0.29) is 17.3 Å². The second-order valence-electron chi connectivity index (χ2n) is 8.12. The molecule has 1 aliphatic carbocycles. The van der Waals surface area contributed by atoms with Gasteiger partial charge in [-0.1, -0.05) is 48.1 Å². The van der Waals surface area contributed by atoms with Crippen LogP contribution < -0.4 is 0 Å². The summed E-state index contributed by atoms with van der Waals surface area (Å²) in [6.45, 7) is 9.50. The topological polar surface area (TPSA) is 35.5 Å². The number of hydrogen-bond acceptors (Lipinski definition) is 3.